The molecule has 0 atom stereocenters. The summed E-state index contributed by atoms with van der Waals surface area (Å²) >= 11 is 0. The first kappa shape index (κ1) is 12.1. The number of aryl methyl sites for hydroxylation is 1. The molecule has 1 aliphatic heterocycles. The third kappa shape index (κ3) is 2.18. The maximum Gasteiger partial charge on any atom is 0.435 e. The first-order valence-electron chi connectivity index (χ1n) is 6.05. The smallest absolute Gasteiger partial charge is 0.383 e. The lowest BCUT2D eigenvalue weighted by Crippen LogP contribution is -2.15. The third-order valence-electron chi connectivity index (χ3n) is 3.18. The average molecular weight is 267 g/mol. The zero-order valence-corrected chi connectivity index (χ0v) is 10.0. The highest BCUT2D eigenvalue weighted by Crippen LogP contribution is 2.31. The van der Waals surface area contributed by atoms with Crippen molar-refractivity contribution >= 4 is 5.69 Å². The summed E-state index contributed by atoms with van der Waals surface area (Å²) < 4.78 is 39.0. The zero-order chi connectivity index (χ0) is 13.5. The summed E-state index contributed by atoms with van der Waals surface area (Å²) in [6.07, 6.45) is -1.10. The van der Waals surface area contributed by atoms with Gasteiger partial charge < -0.3 is 5.32 Å². The molecule has 6 heteroatoms. The van der Waals surface area contributed by atoms with Gasteiger partial charge in [-0.05, 0) is 30.5 Å². The number of alkyl halides is 3. The molecule has 0 fully saturated rings. The van der Waals surface area contributed by atoms with Crippen molar-refractivity contribution < 1.29 is 13.2 Å². The Morgan fingerprint density at radius 3 is 2.79 bits per heavy atom. The van der Waals surface area contributed by atoms with Gasteiger partial charge in [-0.25, -0.2) is 4.68 Å². The van der Waals surface area contributed by atoms with Crippen LogP contribution in [0, 0.1) is 0 Å². The lowest BCUT2D eigenvalue weighted by molar-refractivity contribution is -0.141. The summed E-state index contributed by atoms with van der Waals surface area (Å²) in [5.41, 5.74) is 1.78. The normalized spacial score (nSPS) is 14.9. The summed E-state index contributed by atoms with van der Waals surface area (Å²) in [7, 11) is 0. The van der Waals surface area contributed by atoms with Gasteiger partial charge in [-0.1, -0.05) is 12.1 Å². The minimum Gasteiger partial charge on any atom is -0.383 e. The molecule has 100 valence electrons. The van der Waals surface area contributed by atoms with Crippen LogP contribution in [0.4, 0.5) is 18.9 Å². The summed E-state index contributed by atoms with van der Waals surface area (Å²) in [6, 6.07) is 6.59. The number of benzene rings is 1. The molecule has 1 N–H and O–H groups in total. The summed E-state index contributed by atoms with van der Waals surface area (Å²) in [5, 5.41) is 6.85. The van der Waals surface area contributed by atoms with Crippen LogP contribution in [0.25, 0.3) is 5.69 Å². The van der Waals surface area contributed by atoms with E-state index in [9.17, 15) is 13.2 Å². The van der Waals surface area contributed by atoms with E-state index in [0.29, 0.717) is 5.69 Å². The molecular formula is C13H12F3N3. The van der Waals surface area contributed by atoms with E-state index in [2.05, 4.69) is 10.4 Å². The molecule has 2 aromatic rings. The monoisotopic (exact) mass is 267 g/mol. The Morgan fingerprint density at radius 1 is 1.21 bits per heavy atom. The van der Waals surface area contributed by atoms with E-state index in [0.717, 1.165) is 36.7 Å². The number of para-hydroxylation sites is 1. The van der Waals surface area contributed by atoms with Crippen molar-refractivity contribution in [3.8, 4) is 5.69 Å². The van der Waals surface area contributed by atoms with E-state index in [4.69, 9.17) is 0 Å². The van der Waals surface area contributed by atoms with Crippen molar-refractivity contribution in [3.63, 3.8) is 0 Å². The number of anilines is 1. The Kier molecular flexibility index (Phi) is 2.73. The van der Waals surface area contributed by atoms with Crippen molar-refractivity contribution in [2.45, 2.75) is 19.0 Å². The molecule has 0 saturated heterocycles. The van der Waals surface area contributed by atoms with Gasteiger partial charge in [-0.2, -0.15) is 18.3 Å². The Labute approximate surface area is 108 Å². The Morgan fingerprint density at radius 2 is 2.05 bits per heavy atom. The number of nitrogens with zero attached hydrogens (tertiary/aromatic N) is 2. The maximum absolute atomic E-state index is 12.6. The lowest BCUT2D eigenvalue weighted by Gasteiger charge is -2.21. The van der Waals surface area contributed by atoms with Crippen molar-refractivity contribution in [2.75, 3.05) is 11.9 Å². The van der Waals surface area contributed by atoms with E-state index in [1.807, 2.05) is 12.1 Å². The molecule has 3 rings (SSSR count). The molecule has 19 heavy (non-hydrogen) atoms. The quantitative estimate of drug-likeness (QED) is 0.859. The fraction of sp³-hybridized carbons (Fsp3) is 0.308. The Hall–Kier alpha value is -1.98. The molecule has 0 saturated carbocycles. The van der Waals surface area contributed by atoms with Gasteiger partial charge in [0.25, 0.3) is 0 Å². The van der Waals surface area contributed by atoms with Gasteiger partial charge in [-0.15, -0.1) is 0 Å². The van der Waals surface area contributed by atoms with E-state index in [1.165, 1.54) is 10.9 Å². The molecular weight excluding hydrogens is 255 g/mol. The summed E-state index contributed by atoms with van der Waals surface area (Å²) in [5.74, 6) is 0. The Bertz CT molecular complexity index is 601. The molecule has 3 nitrogen and oxygen atoms in total. The van der Waals surface area contributed by atoms with Crippen LogP contribution in [0.15, 0.2) is 30.5 Å². The highest BCUT2D eigenvalue weighted by Gasteiger charge is 2.33. The number of nitrogens with one attached hydrogen (secondary N) is 1. The number of halogens is 3. The molecule has 0 spiro atoms. The lowest BCUT2D eigenvalue weighted by atomic mass is 10.0. The third-order valence-corrected chi connectivity index (χ3v) is 3.18. The molecule has 0 radical (unpaired) electrons. The molecule has 0 bridgehead atoms. The summed E-state index contributed by atoms with van der Waals surface area (Å²) in [4.78, 5) is 0. The second kappa shape index (κ2) is 4.29. The average Bonchev–Trinajstić information content (AvgIpc) is 2.87. The number of rotatable bonds is 1. The standard InChI is InChI=1S/C13H12F3N3/c14-13(15,16)11-6-8-19(18-11)10-5-1-3-9-4-2-7-17-12(9)10/h1,3,5-6,8,17H,2,4,7H2. The predicted octanol–water partition coefficient (Wildman–Crippen LogP) is 3.25. The second-order valence-electron chi connectivity index (χ2n) is 4.48. The first-order chi connectivity index (χ1) is 9.05. The number of hydrogen-bond acceptors (Lipinski definition) is 2. The van der Waals surface area contributed by atoms with Crippen LogP contribution in [-0.4, -0.2) is 16.3 Å². The fourth-order valence-electron chi connectivity index (χ4n) is 2.29. The predicted molar refractivity (Wildman–Crippen MR) is 65.4 cm³/mol. The molecule has 1 aromatic heterocycles. The molecule has 0 unspecified atom stereocenters. The van der Waals surface area contributed by atoms with Gasteiger partial charge in [0.05, 0.1) is 11.4 Å². The molecule has 0 aliphatic carbocycles. The van der Waals surface area contributed by atoms with Crippen LogP contribution in [0.2, 0.25) is 0 Å². The van der Waals surface area contributed by atoms with Crippen molar-refractivity contribution in [3.05, 3.63) is 41.7 Å². The highest BCUT2D eigenvalue weighted by molar-refractivity contribution is 5.66. The van der Waals surface area contributed by atoms with Gasteiger partial charge in [-0.3, -0.25) is 0 Å². The van der Waals surface area contributed by atoms with Crippen LogP contribution >= 0.6 is 0 Å². The zero-order valence-electron chi connectivity index (χ0n) is 10.0. The highest BCUT2D eigenvalue weighted by atomic mass is 19.4. The molecule has 1 aromatic carbocycles. The van der Waals surface area contributed by atoms with Crippen LogP contribution < -0.4 is 5.32 Å². The van der Waals surface area contributed by atoms with Crippen molar-refractivity contribution in [2.24, 2.45) is 0 Å². The fourth-order valence-corrected chi connectivity index (χ4v) is 2.29. The maximum atomic E-state index is 12.6. The Balaban J connectivity index is 2.05. The molecule has 0 amide bonds. The summed E-state index contributed by atoms with van der Waals surface area (Å²) in [6.45, 7) is 0.831. The van der Waals surface area contributed by atoms with Gasteiger partial charge in [0, 0.05) is 12.7 Å². The van der Waals surface area contributed by atoms with Gasteiger partial charge >= 0.3 is 6.18 Å². The van der Waals surface area contributed by atoms with E-state index >= 15 is 0 Å². The number of fused-ring (bicyclic) bond motifs is 1. The van der Waals surface area contributed by atoms with Crippen molar-refractivity contribution in [1.82, 2.24) is 9.78 Å². The molecule has 2 heterocycles. The first-order valence-corrected chi connectivity index (χ1v) is 6.05. The van der Waals surface area contributed by atoms with E-state index < -0.39 is 11.9 Å². The van der Waals surface area contributed by atoms with Crippen LogP contribution in [0.3, 0.4) is 0 Å². The van der Waals surface area contributed by atoms with Crippen LogP contribution in [-0.2, 0) is 12.6 Å². The van der Waals surface area contributed by atoms with Gasteiger partial charge in [0.15, 0.2) is 5.69 Å². The number of hydrogen-bond donors (Lipinski definition) is 1. The minimum absolute atomic E-state index is 0.660. The second-order valence-corrected chi connectivity index (χ2v) is 4.48. The van der Waals surface area contributed by atoms with Gasteiger partial charge in [0.2, 0.25) is 0 Å². The SMILES string of the molecule is FC(F)(F)c1ccn(-c2cccc3c2NCCC3)n1. The van der Waals surface area contributed by atoms with E-state index in [1.54, 1.807) is 6.07 Å². The number of aromatic nitrogens is 2. The molecule has 1 aliphatic rings. The van der Waals surface area contributed by atoms with Crippen LogP contribution in [0.5, 0.6) is 0 Å². The largest absolute Gasteiger partial charge is 0.435 e. The topological polar surface area (TPSA) is 29.9 Å². The van der Waals surface area contributed by atoms with Crippen molar-refractivity contribution in [1.29, 1.82) is 0 Å². The van der Waals surface area contributed by atoms with E-state index in [-0.39, 0.29) is 0 Å². The van der Waals surface area contributed by atoms with Gasteiger partial charge in [0.1, 0.15) is 0 Å². The minimum atomic E-state index is -4.41. The van der Waals surface area contributed by atoms with Crippen LogP contribution in [0.1, 0.15) is 17.7 Å².